The van der Waals surface area contributed by atoms with E-state index in [1.807, 2.05) is 42.5 Å². The van der Waals surface area contributed by atoms with Crippen molar-refractivity contribution in [2.75, 3.05) is 0 Å². The summed E-state index contributed by atoms with van der Waals surface area (Å²) in [5, 5.41) is 20.5. The lowest BCUT2D eigenvalue weighted by atomic mass is 9.86. The zero-order valence-corrected chi connectivity index (χ0v) is 18.6. The monoisotopic (exact) mass is 408 g/mol. The van der Waals surface area contributed by atoms with Crippen molar-refractivity contribution in [3.63, 3.8) is 0 Å². The molecule has 0 aromatic heterocycles. The van der Waals surface area contributed by atoms with E-state index in [-0.39, 0.29) is 11.7 Å². The molecule has 0 bridgehead atoms. The van der Waals surface area contributed by atoms with Crippen LogP contribution in [0.2, 0.25) is 0 Å². The molecule has 1 fully saturated rings. The van der Waals surface area contributed by atoms with Gasteiger partial charge in [0.15, 0.2) is 0 Å². The van der Waals surface area contributed by atoms with Crippen molar-refractivity contribution in [1.82, 2.24) is 0 Å². The van der Waals surface area contributed by atoms with Crippen LogP contribution in [0.15, 0.2) is 60.7 Å². The van der Waals surface area contributed by atoms with Crippen LogP contribution in [0.25, 0.3) is 0 Å². The number of phenols is 1. The number of benzene rings is 2. The predicted molar refractivity (Wildman–Crippen MR) is 123 cm³/mol. The molecule has 0 spiro atoms. The van der Waals surface area contributed by atoms with E-state index >= 15 is 0 Å². The number of ether oxygens (including phenoxy) is 1. The zero-order chi connectivity index (χ0) is 21.6. The number of hydrogen-bond acceptors (Lipinski definition) is 3. The van der Waals surface area contributed by atoms with Crippen molar-refractivity contribution in [1.29, 1.82) is 0 Å². The highest BCUT2D eigenvalue weighted by Crippen LogP contribution is 2.44. The smallest absolute Gasteiger partial charge is 0.122 e. The third-order valence-corrected chi connectivity index (χ3v) is 6.08. The molecule has 3 atom stereocenters. The standard InChI is InChI=1S/C27H36O3/c1-20(28)17-18-22-11-8-16-25(26(22)29)24-15-7-10-21(24)12-9-19-27(2,3)30-23-13-5-4-6-14-23/h4-6,8-9,11-14,16,20-21,24,28-29H,7,10,15,17-19H2,1-3H3/b12-9+/t20?,21?,24-/m0/s1. The summed E-state index contributed by atoms with van der Waals surface area (Å²) in [6.07, 6.45) is 9.88. The van der Waals surface area contributed by atoms with E-state index in [0.29, 0.717) is 30.4 Å². The van der Waals surface area contributed by atoms with Gasteiger partial charge in [-0.15, -0.1) is 0 Å². The number of allylic oxidation sites excluding steroid dienone is 1. The maximum Gasteiger partial charge on any atom is 0.122 e. The van der Waals surface area contributed by atoms with Crippen molar-refractivity contribution in [3.05, 3.63) is 71.8 Å². The quantitative estimate of drug-likeness (QED) is 0.472. The maximum atomic E-state index is 10.9. The summed E-state index contributed by atoms with van der Waals surface area (Å²) >= 11 is 0. The molecule has 2 N–H and O–H groups in total. The number of phenolic OH excluding ortho intramolecular Hbond substituents is 1. The number of aromatic hydroxyl groups is 1. The Balaban J connectivity index is 1.65. The summed E-state index contributed by atoms with van der Waals surface area (Å²) in [6, 6.07) is 16.1. The van der Waals surface area contributed by atoms with E-state index in [9.17, 15) is 10.2 Å². The summed E-state index contributed by atoms with van der Waals surface area (Å²) in [5.41, 5.74) is 1.74. The Bertz CT molecular complexity index is 823. The molecule has 1 saturated carbocycles. The lowest BCUT2D eigenvalue weighted by Crippen LogP contribution is -2.27. The van der Waals surface area contributed by atoms with E-state index < -0.39 is 0 Å². The molecular weight excluding hydrogens is 372 g/mol. The van der Waals surface area contributed by atoms with E-state index in [2.05, 4.69) is 32.1 Å². The molecule has 0 amide bonds. The maximum absolute atomic E-state index is 10.9. The molecule has 3 nitrogen and oxygen atoms in total. The Labute approximate surface area is 181 Å². The third kappa shape index (κ3) is 6.12. The van der Waals surface area contributed by atoms with Crippen LogP contribution < -0.4 is 4.74 Å². The highest BCUT2D eigenvalue weighted by Gasteiger charge is 2.29. The normalized spacial score (nSPS) is 20.5. The van der Waals surface area contributed by atoms with Crippen LogP contribution in [-0.4, -0.2) is 21.9 Å². The fourth-order valence-corrected chi connectivity index (χ4v) is 4.46. The van der Waals surface area contributed by atoms with Gasteiger partial charge >= 0.3 is 0 Å². The van der Waals surface area contributed by atoms with Gasteiger partial charge in [0.05, 0.1) is 6.10 Å². The number of aliphatic hydroxyl groups excluding tert-OH is 1. The summed E-state index contributed by atoms with van der Waals surface area (Å²) in [6.45, 7) is 6.03. The number of para-hydroxylation sites is 2. The molecule has 3 rings (SSSR count). The average Bonchev–Trinajstić information content (AvgIpc) is 3.15. The first-order chi connectivity index (χ1) is 14.4. The van der Waals surface area contributed by atoms with Gasteiger partial charge in [0, 0.05) is 6.42 Å². The summed E-state index contributed by atoms with van der Waals surface area (Å²) in [4.78, 5) is 0. The molecule has 0 radical (unpaired) electrons. The number of aryl methyl sites for hydroxylation is 1. The van der Waals surface area contributed by atoms with Crippen LogP contribution in [-0.2, 0) is 6.42 Å². The predicted octanol–water partition coefficient (Wildman–Crippen LogP) is 6.39. The molecule has 0 heterocycles. The van der Waals surface area contributed by atoms with Crippen molar-refractivity contribution < 1.29 is 14.9 Å². The van der Waals surface area contributed by atoms with Gasteiger partial charge in [-0.25, -0.2) is 0 Å². The van der Waals surface area contributed by atoms with Crippen LogP contribution in [0.3, 0.4) is 0 Å². The van der Waals surface area contributed by atoms with Crippen LogP contribution in [0.4, 0.5) is 0 Å². The molecule has 1 aliphatic carbocycles. The van der Waals surface area contributed by atoms with Gasteiger partial charge in [-0.2, -0.15) is 0 Å². The van der Waals surface area contributed by atoms with Crippen molar-refractivity contribution in [2.24, 2.45) is 5.92 Å². The van der Waals surface area contributed by atoms with Gasteiger partial charge in [-0.1, -0.05) is 55.0 Å². The van der Waals surface area contributed by atoms with E-state index in [4.69, 9.17) is 4.74 Å². The Morgan fingerprint density at radius 3 is 2.60 bits per heavy atom. The van der Waals surface area contributed by atoms with Crippen molar-refractivity contribution >= 4 is 0 Å². The highest BCUT2D eigenvalue weighted by atomic mass is 16.5. The summed E-state index contributed by atoms with van der Waals surface area (Å²) in [5.74, 6) is 2.12. The molecule has 0 saturated heterocycles. The minimum Gasteiger partial charge on any atom is -0.507 e. The van der Waals surface area contributed by atoms with Crippen LogP contribution in [0.1, 0.15) is 69.9 Å². The first-order valence-corrected chi connectivity index (χ1v) is 11.3. The topological polar surface area (TPSA) is 49.7 Å². The lowest BCUT2D eigenvalue weighted by Gasteiger charge is -2.25. The van der Waals surface area contributed by atoms with Gasteiger partial charge in [0.25, 0.3) is 0 Å². The second-order valence-corrected chi connectivity index (χ2v) is 9.25. The molecular formula is C27H36O3. The molecule has 2 aromatic rings. The fraction of sp³-hybridized carbons (Fsp3) is 0.481. The van der Waals surface area contributed by atoms with Crippen molar-refractivity contribution in [3.8, 4) is 11.5 Å². The van der Waals surface area contributed by atoms with E-state index in [1.54, 1.807) is 6.92 Å². The summed E-state index contributed by atoms with van der Waals surface area (Å²) < 4.78 is 6.15. The van der Waals surface area contributed by atoms with E-state index in [0.717, 1.165) is 36.1 Å². The fourth-order valence-electron chi connectivity index (χ4n) is 4.46. The largest absolute Gasteiger partial charge is 0.507 e. The lowest BCUT2D eigenvalue weighted by molar-refractivity contribution is 0.113. The Kier molecular flexibility index (Phi) is 7.60. The van der Waals surface area contributed by atoms with Gasteiger partial charge < -0.3 is 14.9 Å². The van der Waals surface area contributed by atoms with Crippen LogP contribution in [0.5, 0.6) is 11.5 Å². The first kappa shape index (κ1) is 22.4. The molecule has 162 valence electrons. The second-order valence-electron chi connectivity index (χ2n) is 9.25. The molecule has 30 heavy (non-hydrogen) atoms. The molecule has 2 aromatic carbocycles. The van der Waals surface area contributed by atoms with Gasteiger partial charge in [0.1, 0.15) is 17.1 Å². The number of aliphatic hydroxyl groups is 1. The van der Waals surface area contributed by atoms with Crippen LogP contribution in [0, 0.1) is 5.92 Å². The number of hydrogen-bond donors (Lipinski definition) is 2. The molecule has 3 heteroatoms. The third-order valence-electron chi connectivity index (χ3n) is 6.08. The molecule has 0 aliphatic heterocycles. The first-order valence-electron chi connectivity index (χ1n) is 11.3. The molecule has 1 aliphatic rings. The molecule has 2 unspecified atom stereocenters. The summed E-state index contributed by atoms with van der Waals surface area (Å²) in [7, 11) is 0. The zero-order valence-electron chi connectivity index (χ0n) is 18.6. The average molecular weight is 409 g/mol. The second kappa shape index (κ2) is 10.2. The Hall–Kier alpha value is -2.26. The van der Waals surface area contributed by atoms with Gasteiger partial charge in [-0.05, 0) is 81.5 Å². The minimum absolute atomic E-state index is 0.269. The Morgan fingerprint density at radius 2 is 1.87 bits per heavy atom. The van der Waals surface area contributed by atoms with Crippen molar-refractivity contribution in [2.45, 2.75) is 76.9 Å². The Morgan fingerprint density at radius 1 is 1.10 bits per heavy atom. The van der Waals surface area contributed by atoms with Crippen LogP contribution >= 0.6 is 0 Å². The van der Waals surface area contributed by atoms with E-state index in [1.165, 1.54) is 6.42 Å². The van der Waals surface area contributed by atoms with Gasteiger partial charge in [-0.3, -0.25) is 0 Å². The minimum atomic E-state index is -0.350. The number of rotatable bonds is 9. The highest BCUT2D eigenvalue weighted by molar-refractivity contribution is 5.43. The van der Waals surface area contributed by atoms with Gasteiger partial charge in [0.2, 0.25) is 0 Å². The SMILES string of the molecule is CC(O)CCc1cccc([C@H]2CCCC2/C=C/CC(C)(C)Oc2ccccc2)c1O.